The molecule has 4 rings (SSSR count). The highest BCUT2D eigenvalue weighted by Gasteiger charge is 2.17. The number of ether oxygens (including phenoxy) is 2. The van der Waals surface area contributed by atoms with Gasteiger partial charge in [-0.05, 0) is 55.0 Å². The maximum atomic E-state index is 12.6. The first-order valence-corrected chi connectivity index (χ1v) is 9.29. The minimum absolute atomic E-state index is 0.411. The summed E-state index contributed by atoms with van der Waals surface area (Å²) in [6.45, 7) is 1.99. The summed E-state index contributed by atoms with van der Waals surface area (Å²) < 4.78 is 12.0. The van der Waals surface area contributed by atoms with E-state index in [0.29, 0.717) is 17.1 Å². The van der Waals surface area contributed by atoms with Crippen LogP contribution >= 0.6 is 11.3 Å². The summed E-state index contributed by atoms with van der Waals surface area (Å²) in [5, 5.41) is 0.840. The molecule has 4 aromatic rings. The van der Waals surface area contributed by atoms with Crippen LogP contribution in [0.1, 0.15) is 15.9 Å². The Labute approximate surface area is 161 Å². The van der Waals surface area contributed by atoms with Gasteiger partial charge in [0.25, 0.3) is 0 Å². The Morgan fingerprint density at radius 2 is 1.74 bits per heavy atom. The van der Waals surface area contributed by atoms with E-state index in [4.69, 9.17) is 14.5 Å². The summed E-state index contributed by atoms with van der Waals surface area (Å²) in [6.07, 6.45) is 0. The van der Waals surface area contributed by atoms with Crippen molar-refractivity contribution in [2.24, 2.45) is 0 Å². The number of nitrogens with zero attached hydrogens (tertiary/aromatic N) is 1. The van der Waals surface area contributed by atoms with Crippen LogP contribution in [0.3, 0.4) is 0 Å². The lowest BCUT2D eigenvalue weighted by atomic mass is 10.1. The molecule has 27 heavy (non-hydrogen) atoms. The van der Waals surface area contributed by atoms with Crippen LogP contribution in [0.15, 0.2) is 66.7 Å². The van der Waals surface area contributed by atoms with Gasteiger partial charge in [0.1, 0.15) is 16.5 Å². The quantitative estimate of drug-likeness (QED) is 0.349. The fourth-order valence-electron chi connectivity index (χ4n) is 2.86. The van der Waals surface area contributed by atoms with E-state index in [0.717, 1.165) is 26.4 Å². The van der Waals surface area contributed by atoms with Crippen molar-refractivity contribution in [3.63, 3.8) is 0 Å². The van der Waals surface area contributed by atoms with Gasteiger partial charge >= 0.3 is 5.97 Å². The Hall–Kier alpha value is -3.18. The molecule has 0 amide bonds. The largest absolute Gasteiger partial charge is 0.497 e. The predicted molar refractivity (Wildman–Crippen MR) is 108 cm³/mol. The Balaban J connectivity index is 1.71. The van der Waals surface area contributed by atoms with Crippen LogP contribution in [0.5, 0.6) is 11.5 Å². The van der Waals surface area contributed by atoms with Crippen LogP contribution in [0.25, 0.3) is 20.8 Å². The van der Waals surface area contributed by atoms with Crippen LogP contribution in [-0.2, 0) is 0 Å². The second-order valence-corrected chi connectivity index (χ2v) is 7.08. The molecular weight excluding hydrogens is 358 g/mol. The molecule has 0 radical (unpaired) electrons. The van der Waals surface area contributed by atoms with E-state index in [1.807, 2.05) is 43.3 Å². The first-order chi connectivity index (χ1) is 13.2. The van der Waals surface area contributed by atoms with Gasteiger partial charge in [0.15, 0.2) is 0 Å². The number of esters is 1. The molecule has 3 aromatic carbocycles. The number of benzene rings is 3. The van der Waals surface area contributed by atoms with E-state index in [2.05, 4.69) is 0 Å². The highest BCUT2D eigenvalue weighted by molar-refractivity contribution is 7.21. The number of hydrogen-bond donors (Lipinski definition) is 0. The molecule has 0 N–H and O–H groups in total. The summed E-state index contributed by atoms with van der Waals surface area (Å²) in [7, 11) is 1.59. The number of aromatic nitrogens is 1. The molecule has 0 spiro atoms. The Kier molecular flexibility index (Phi) is 4.60. The lowest BCUT2D eigenvalue weighted by molar-refractivity contribution is 0.0735. The fourth-order valence-corrected chi connectivity index (χ4v) is 3.95. The molecule has 134 valence electrons. The zero-order valence-corrected chi connectivity index (χ0v) is 15.7. The summed E-state index contributed by atoms with van der Waals surface area (Å²) in [6, 6.07) is 20.5. The van der Waals surface area contributed by atoms with Crippen LogP contribution < -0.4 is 9.47 Å². The number of hydrogen-bond acceptors (Lipinski definition) is 5. The third-order valence-corrected chi connectivity index (χ3v) is 5.32. The van der Waals surface area contributed by atoms with E-state index in [1.165, 1.54) is 0 Å². The van der Waals surface area contributed by atoms with Crippen molar-refractivity contribution in [3.8, 4) is 22.1 Å². The van der Waals surface area contributed by atoms with Gasteiger partial charge < -0.3 is 9.47 Å². The number of para-hydroxylation sites is 1. The third-order valence-electron chi connectivity index (χ3n) is 4.27. The van der Waals surface area contributed by atoms with Gasteiger partial charge in [-0.25, -0.2) is 9.78 Å². The van der Waals surface area contributed by atoms with Gasteiger partial charge in [-0.3, -0.25) is 0 Å². The summed E-state index contributed by atoms with van der Waals surface area (Å²) in [5.74, 6) is 0.790. The minimum Gasteiger partial charge on any atom is -0.497 e. The highest BCUT2D eigenvalue weighted by Crippen LogP contribution is 2.38. The van der Waals surface area contributed by atoms with E-state index < -0.39 is 5.97 Å². The zero-order valence-electron chi connectivity index (χ0n) is 14.9. The van der Waals surface area contributed by atoms with Crippen LogP contribution in [0, 0.1) is 6.92 Å². The average Bonchev–Trinajstić information content (AvgIpc) is 3.11. The summed E-state index contributed by atoms with van der Waals surface area (Å²) in [5.41, 5.74) is 3.26. The third kappa shape index (κ3) is 3.41. The Morgan fingerprint density at radius 1 is 0.963 bits per heavy atom. The predicted octanol–water partition coefficient (Wildman–Crippen LogP) is 5.50. The van der Waals surface area contributed by atoms with Crippen molar-refractivity contribution in [1.29, 1.82) is 0 Å². The van der Waals surface area contributed by atoms with E-state index in [-0.39, 0.29) is 0 Å². The van der Waals surface area contributed by atoms with Crippen molar-refractivity contribution in [2.45, 2.75) is 6.92 Å². The SMILES string of the molecule is COc1ccc(C(=O)Oc2cccc(C)c2-c2nc3ccccc3s2)cc1. The molecule has 4 nitrogen and oxygen atoms in total. The molecule has 0 aliphatic heterocycles. The Bertz CT molecular complexity index is 1080. The van der Waals surface area contributed by atoms with Crippen molar-refractivity contribution >= 4 is 27.5 Å². The molecule has 0 atom stereocenters. The molecule has 1 aromatic heterocycles. The number of thiazole rings is 1. The lowest BCUT2D eigenvalue weighted by Gasteiger charge is -2.11. The van der Waals surface area contributed by atoms with Crippen molar-refractivity contribution in [1.82, 2.24) is 4.98 Å². The molecule has 0 fully saturated rings. The van der Waals surface area contributed by atoms with Crippen molar-refractivity contribution in [2.75, 3.05) is 7.11 Å². The van der Waals surface area contributed by atoms with E-state index in [9.17, 15) is 4.79 Å². The molecule has 0 bridgehead atoms. The molecule has 0 unspecified atom stereocenters. The van der Waals surface area contributed by atoms with Gasteiger partial charge in [-0.1, -0.05) is 24.3 Å². The smallest absolute Gasteiger partial charge is 0.343 e. The molecule has 0 aliphatic rings. The number of aryl methyl sites for hydroxylation is 1. The normalized spacial score (nSPS) is 10.7. The minimum atomic E-state index is -0.411. The van der Waals surface area contributed by atoms with Gasteiger partial charge in [-0.15, -0.1) is 11.3 Å². The second kappa shape index (κ2) is 7.21. The van der Waals surface area contributed by atoms with Gasteiger partial charge in [0.05, 0.1) is 28.5 Å². The van der Waals surface area contributed by atoms with E-state index >= 15 is 0 Å². The monoisotopic (exact) mass is 375 g/mol. The molecule has 1 heterocycles. The topological polar surface area (TPSA) is 48.4 Å². The maximum absolute atomic E-state index is 12.6. The van der Waals surface area contributed by atoms with Crippen LogP contribution in [0.2, 0.25) is 0 Å². The van der Waals surface area contributed by atoms with Gasteiger partial charge in [-0.2, -0.15) is 0 Å². The Morgan fingerprint density at radius 3 is 2.48 bits per heavy atom. The fraction of sp³-hybridized carbons (Fsp3) is 0.0909. The van der Waals surface area contributed by atoms with Gasteiger partial charge in [0, 0.05) is 0 Å². The first-order valence-electron chi connectivity index (χ1n) is 8.47. The number of rotatable bonds is 4. The summed E-state index contributed by atoms with van der Waals surface area (Å²) in [4.78, 5) is 17.3. The zero-order chi connectivity index (χ0) is 18.8. The van der Waals surface area contributed by atoms with Crippen molar-refractivity contribution in [3.05, 3.63) is 77.9 Å². The van der Waals surface area contributed by atoms with E-state index in [1.54, 1.807) is 48.8 Å². The van der Waals surface area contributed by atoms with Gasteiger partial charge in [0.2, 0.25) is 0 Å². The number of fused-ring (bicyclic) bond motifs is 1. The molecule has 0 aliphatic carbocycles. The number of carbonyl (C=O) groups excluding carboxylic acids is 1. The molecule has 5 heteroatoms. The maximum Gasteiger partial charge on any atom is 0.343 e. The standard InChI is InChI=1S/C22H17NO3S/c1-14-6-5-8-18(26-22(24)15-10-12-16(25-2)13-11-15)20(14)21-23-17-7-3-4-9-19(17)27-21/h3-13H,1-2H3. The molecular formula is C22H17NO3S. The summed E-state index contributed by atoms with van der Waals surface area (Å²) >= 11 is 1.59. The van der Waals surface area contributed by atoms with Crippen molar-refractivity contribution < 1.29 is 14.3 Å². The number of carbonyl (C=O) groups is 1. The second-order valence-electron chi connectivity index (χ2n) is 6.05. The number of methoxy groups -OCH3 is 1. The highest BCUT2D eigenvalue weighted by atomic mass is 32.1. The lowest BCUT2D eigenvalue weighted by Crippen LogP contribution is -2.09. The molecule has 0 saturated carbocycles. The van der Waals surface area contributed by atoms with Crippen LogP contribution in [0.4, 0.5) is 0 Å². The van der Waals surface area contributed by atoms with Crippen LogP contribution in [-0.4, -0.2) is 18.1 Å². The first kappa shape index (κ1) is 17.2. The molecule has 0 saturated heterocycles. The average molecular weight is 375 g/mol.